The average Bonchev–Trinajstić information content (AvgIpc) is 2.60. The van der Waals surface area contributed by atoms with Crippen LogP contribution in [0.2, 0.25) is 0 Å². The van der Waals surface area contributed by atoms with Crippen molar-refractivity contribution < 1.29 is 4.79 Å². The van der Waals surface area contributed by atoms with Gasteiger partial charge in [-0.2, -0.15) is 0 Å². The van der Waals surface area contributed by atoms with Crippen LogP contribution in [0.25, 0.3) is 0 Å². The molecule has 1 saturated heterocycles. The first-order valence-corrected chi connectivity index (χ1v) is 6.19. The lowest BCUT2D eigenvalue weighted by molar-refractivity contribution is -0.116. The van der Waals surface area contributed by atoms with Crippen LogP contribution in [0, 0.1) is 0 Å². The van der Waals surface area contributed by atoms with E-state index in [0.29, 0.717) is 0 Å². The van der Waals surface area contributed by atoms with Gasteiger partial charge < -0.3 is 4.90 Å². The van der Waals surface area contributed by atoms with Gasteiger partial charge in [-0.05, 0) is 24.5 Å². The summed E-state index contributed by atoms with van der Waals surface area (Å²) in [6, 6.07) is 8.13. The second-order valence-electron chi connectivity index (χ2n) is 3.73. The van der Waals surface area contributed by atoms with Crippen molar-refractivity contribution in [2.45, 2.75) is 24.6 Å². The zero-order chi connectivity index (χ0) is 10.8. The van der Waals surface area contributed by atoms with E-state index in [1.165, 1.54) is 5.56 Å². The van der Waals surface area contributed by atoms with Crippen LogP contribution in [0.4, 0.5) is 5.69 Å². The minimum atomic E-state index is 0.00223. The van der Waals surface area contributed by atoms with Gasteiger partial charge in [0.25, 0.3) is 0 Å². The molecule has 0 N–H and O–H groups in total. The Labute approximate surface area is 98.4 Å². The molecule has 1 amide bonds. The monoisotopic (exact) mass is 267 g/mol. The van der Waals surface area contributed by atoms with Crippen molar-refractivity contribution >= 4 is 27.5 Å². The Hall–Kier alpha value is -0.830. The smallest absolute Gasteiger partial charge is 0.240 e. The van der Waals surface area contributed by atoms with Crippen LogP contribution < -0.4 is 4.90 Å². The highest BCUT2D eigenvalue weighted by molar-refractivity contribution is 9.10. The van der Waals surface area contributed by atoms with Gasteiger partial charge in [0.15, 0.2) is 0 Å². The first kappa shape index (κ1) is 10.7. The molecule has 1 atom stereocenters. The summed E-state index contributed by atoms with van der Waals surface area (Å²) in [6.07, 6.45) is 1.86. The Kier molecular flexibility index (Phi) is 3.10. The Bertz CT molecular complexity index is 378. The van der Waals surface area contributed by atoms with E-state index in [1.807, 2.05) is 23.1 Å². The first-order chi connectivity index (χ1) is 7.24. The molecule has 2 rings (SSSR count). The van der Waals surface area contributed by atoms with Crippen LogP contribution in [0.15, 0.2) is 24.3 Å². The molecule has 80 valence electrons. The minimum absolute atomic E-state index is 0.00223. The number of hydrogen-bond acceptors (Lipinski definition) is 1. The normalized spacial score (nSPS) is 21.1. The van der Waals surface area contributed by atoms with Gasteiger partial charge in [0.05, 0.1) is 4.83 Å². The van der Waals surface area contributed by atoms with Crippen molar-refractivity contribution in [3.63, 3.8) is 0 Å². The van der Waals surface area contributed by atoms with Crippen LogP contribution in [0.5, 0.6) is 0 Å². The highest BCUT2D eigenvalue weighted by Crippen LogP contribution is 2.28. The van der Waals surface area contributed by atoms with Crippen molar-refractivity contribution in [3.8, 4) is 0 Å². The standard InChI is InChI=1S/C12H14BrNO/c1-2-9-5-3-4-6-11(9)14-8-7-10(13)12(14)15/h3-6,10H,2,7-8H2,1H3. The van der Waals surface area contributed by atoms with Crippen molar-refractivity contribution in [3.05, 3.63) is 29.8 Å². The van der Waals surface area contributed by atoms with E-state index < -0.39 is 0 Å². The number of anilines is 1. The Morgan fingerprint density at radius 2 is 2.20 bits per heavy atom. The third kappa shape index (κ3) is 1.93. The molecule has 3 heteroatoms. The van der Waals surface area contributed by atoms with Crippen LogP contribution in [0.1, 0.15) is 18.9 Å². The van der Waals surface area contributed by atoms with Crippen LogP contribution >= 0.6 is 15.9 Å². The zero-order valence-electron chi connectivity index (χ0n) is 8.74. The third-order valence-corrected chi connectivity index (χ3v) is 3.65. The lowest BCUT2D eigenvalue weighted by atomic mass is 10.1. The largest absolute Gasteiger partial charge is 0.311 e. The number of para-hydroxylation sites is 1. The van der Waals surface area contributed by atoms with E-state index >= 15 is 0 Å². The molecule has 1 fully saturated rings. The van der Waals surface area contributed by atoms with E-state index in [0.717, 1.165) is 25.1 Å². The summed E-state index contributed by atoms with van der Waals surface area (Å²) < 4.78 is 0. The topological polar surface area (TPSA) is 20.3 Å². The average molecular weight is 268 g/mol. The summed E-state index contributed by atoms with van der Waals surface area (Å²) in [5.41, 5.74) is 2.32. The summed E-state index contributed by atoms with van der Waals surface area (Å²) in [5, 5.41) is 0. The van der Waals surface area contributed by atoms with E-state index in [9.17, 15) is 4.79 Å². The van der Waals surface area contributed by atoms with Gasteiger partial charge in [0.2, 0.25) is 5.91 Å². The van der Waals surface area contributed by atoms with Gasteiger partial charge in [-0.3, -0.25) is 4.79 Å². The highest BCUT2D eigenvalue weighted by Gasteiger charge is 2.31. The molecular weight excluding hydrogens is 254 g/mol. The molecule has 0 saturated carbocycles. The van der Waals surface area contributed by atoms with Crippen molar-refractivity contribution in [2.75, 3.05) is 11.4 Å². The molecule has 1 heterocycles. The predicted octanol–water partition coefficient (Wildman–Crippen LogP) is 2.75. The number of halogens is 1. The summed E-state index contributed by atoms with van der Waals surface area (Å²) in [5.74, 6) is 0.191. The molecule has 0 radical (unpaired) electrons. The Balaban J connectivity index is 2.33. The zero-order valence-corrected chi connectivity index (χ0v) is 10.3. The quantitative estimate of drug-likeness (QED) is 0.755. The number of carbonyl (C=O) groups excluding carboxylic acids is 1. The first-order valence-electron chi connectivity index (χ1n) is 5.27. The number of aryl methyl sites for hydroxylation is 1. The molecule has 1 unspecified atom stereocenters. The molecule has 1 aromatic carbocycles. The van der Waals surface area contributed by atoms with Gasteiger partial charge in [-0.1, -0.05) is 41.1 Å². The Morgan fingerprint density at radius 1 is 1.47 bits per heavy atom. The van der Waals surface area contributed by atoms with Gasteiger partial charge in [0.1, 0.15) is 0 Å². The second-order valence-corrected chi connectivity index (χ2v) is 4.83. The Morgan fingerprint density at radius 3 is 2.80 bits per heavy atom. The van der Waals surface area contributed by atoms with E-state index in [1.54, 1.807) is 0 Å². The lowest BCUT2D eigenvalue weighted by Crippen LogP contribution is -2.27. The van der Waals surface area contributed by atoms with Gasteiger partial charge in [-0.25, -0.2) is 0 Å². The number of benzene rings is 1. The fourth-order valence-electron chi connectivity index (χ4n) is 1.96. The number of nitrogens with zero attached hydrogens (tertiary/aromatic N) is 1. The molecule has 1 aromatic rings. The molecule has 0 aromatic heterocycles. The molecule has 0 aliphatic carbocycles. The lowest BCUT2D eigenvalue weighted by Gasteiger charge is -2.19. The maximum atomic E-state index is 11.9. The summed E-state index contributed by atoms with van der Waals surface area (Å²) >= 11 is 3.40. The fourth-order valence-corrected chi connectivity index (χ4v) is 2.41. The maximum Gasteiger partial charge on any atom is 0.240 e. The van der Waals surface area contributed by atoms with E-state index in [2.05, 4.69) is 28.9 Å². The molecule has 2 nitrogen and oxygen atoms in total. The molecule has 0 spiro atoms. The van der Waals surface area contributed by atoms with Crippen molar-refractivity contribution in [1.29, 1.82) is 0 Å². The minimum Gasteiger partial charge on any atom is -0.311 e. The van der Waals surface area contributed by atoms with E-state index in [-0.39, 0.29) is 10.7 Å². The van der Waals surface area contributed by atoms with Crippen LogP contribution in [0.3, 0.4) is 0 Å². The second kappa shape index (κ2) is 4.35. The number of hydrogen-bond donors (Lipinski definition) is 0. The molecule has 0 bridgehead atoms. The number of rotatable bonds is 2. The van der Waals surface area contributed by atoms with Crippen LogP contribution in [-0.2, 0) is 11.2 Å². The molecular formula is C12H14BrNO. The predicted molar refractivity (Wildman–Crippen MR) is 65.5 cm³/mol. The maximum absolute atomic E-state index is 11.9. The molecule has 15 heavy (non-hydrogen) atoms. The third-order valence-electron chi connectivity index (χ3n) is 2.80. The van der Waals surface area contributed by atoms with Gasteiger partial charge in [0, 0.05) is 12.2 Å². The highest BCUT2D eigenvalue weighted by atomic mass is 79.9. The fraction of sp³-hybridized carbons (Fsp3) is 0.417. The SMILES string of the molecule is CCc1ccccc1N1CCC(Br)C1=O. The number of carbonyl (C=O) groups is 1. The van der Waals surface area contributed by atoms with Gasteiger partial charge in [-0.15, -0.1) is 0 Å². The summed E-state index contributed by atoms with van der Waals surface area (Å²) in [6.45, 7) is 2.94. The summed E-state index contributed by atoms with van der Waals surface area (Å²) in [7, 11) is 0. The number of alkyl halides is 1. The number of amides is 1. The van der Waals surface area contributed by atoms with Crippen molar-refractivity contribution in [2.24, 2.45) is 0 Å². The van der Waals surface area contributed by atoms with E-state index in [4.69, 9.17) is 0 Å². The molecule has 1 aliphatic rings. The van der Waals surface area contributed by atoms with Crippen LogP contribution in [-0.4, -0.2) is 17.3 Å². The molecule has 1 aliphatic heterocycles. The van der Waals surface area contributed by atoms with Gasteiger partial charge >= 0.3 is 0 Å². The van der Waals surface area contributed by atoms with Crippen molar-refractivity contribution in [1.82, 2.24) is 0 Å². The summed E-state index contributed by atoms with van der Waals surface area (Å²) in [4.78, 5) is 13.7.